The highest BCUT2D eigenvalue weighted by Gasteiger charge is 2.50. The van der Waals surface area contributed by atoms with Gasteiger partial charge in [0.15, 0.2) is 11.8 Å². The second-order valence-corrected chi connectivity index (χ2v) is 13.7. The first kappa shape index (κ1) is 38.3. The lowest BCUT2D eigenvalue weighted by Gasteiger charge is -2.38. The molecule has 5 rings (SSSR count). The summed E-state index contributed by atoms with van der Waals surface area (Å²) in [6, 6.07) is 3.94. The SMILES string of the molecule is CCC(C)[C@H](OC(N)=O)C(=O)N1CCCC1C1(c2ccc(-c3nc([C@@H]4CCCN4C(=O)[C@@H](NC(=O)OC)C(C)C)[nH]c3C(F)(F)F)cc2)N=CC=N1. The van der Waals surface area contributed by atoms with E-state index in [1.54, 1.807) is 37.8 Å². The molecule has 17 heteroatoms. The molecule has 14 nitrogen and oxygen atoms in total. The summed E-state index contributed by atoms with van der Waals surface area (Å²) in [6.45, 7) is 7.80. The second kappa shape index (κ2) is 15.3. The van der Waals surface area contributed by atoms with Gasteiger partial charge in [0.05, 0.1) is 19.2 Å². The van der Waals surface area contributed by atoms with Gasteiger partial charge in [0.2, 0.25) is 5.91 Å². The Bertz CT molecular complexity index is 1700. The highest BCUT2D eigenvalue weighted by atomic mass is 19.4. The summed E-state index contributed by atoms with van der Waals surface area (Å²) in [5, 5.41) is 2.53. The maximum Gasteiger partial charge on any atom is 0.433 e. The summed E-state index contributed by atoms with van der Waals surface area (Å²) in [5.41, 5.74) is 3.32. The summed E-state index contributed by atoms with van der Waals surface area (Å²) in [5.74, 6) is -1.51. The highest BCUT2D eigenvalue weighted by molar-refractivity contribution is 6.17. The predicted octanol–water partition coefficient (Wildman–Crippen LogP) is 4.95. The van der Waals surface area contributed by atoms with Gasteiger partial charge >= 0.3 is 18.4 Å². The number of aromatic amines is 1. The minimum Gasteiger partial charge on any atom is -0.453 e. The molecule has 282 valence electrons. The lowest BCUT2D eigenvalue weighted by molar-refractivity contribution is -0.145. The molecular formula is C35H45F3N8O6. The molecular weight excluding hydrogens is 685 g/mol. The Balaban J connectivity index is 1.46. The molecule has 4 N–H and O–H groups in total. The van der Waals surface area contributed by atoms with Crippen molar-refractivity contribution in [1.82, 2.24) is 25.1 Å². The summed E-state index contributed by atoms with van der Waals surface area (Å²) in [4.78, 5) is 70.4. The van der Waals surface area contributed by atoms with Crippen molar-refractivity contribution in [2.75, 3.05) is 20.2 Å². The van der Waals surface area contributed by atoms with Crippen LogP contribution in [0.1, 0.15) is 82.9 Å². The Hall–Kier alpha value is -4.96. The molecule has 0 aliphatic carbocycles. The number of imidazole rings is 1. The Morgan fingerprint density at radius 2 is 1.65 bits per heavy atom. The van der Waals surface area contributed by atoms with Gasteiger partial charge in [0.25, 0.3) is 5.91 Å². The number of hydrogen-bond acceptors (Lipinski definition) is 9. The quantitative estimate of drug-likeness (QED) is 0.292. The van der Waals surface area contributed by atoms with E-state index in [0.717, 1.165) is 0 Å². The van der Waals surface area contributed by atoms with Crippen molar-refractivity contribution < 1.29 is 41.8 Å². The van der Waals surface area contributed by atoms with Crippen molar-refractivity contribution in [2.24, 2.45) is 27.6 Å². The number of alkyl halides is 3. The average molecular weight is 731 g/mol. The number of carbonyl (C=O) groups excluding carboxylic acids is 4. The molecule has 2 unspecified atom stereocenters. The third kappa shape index (κ3) is 7.48. The first-order valence-electron chi connectivity index (χ1n) is 17.4. The number of hydrogen-bond donors (Lipinski definition) is 3. The number of amides is 4. The van der Waals surface area contributed by atoms with Gasteiger partial charge in [-0.2, -0.15) is 13.2 Å². The lowest BCUT2D eigenvalue weighted by Crippen LogP contribution is -2.52. The number of rotatable bonds is 11. The molecule has 5 atom stereocenters. The third-order valence-electron chi connectivity index (χ3n) is 10.1. The van der Waals surface area contributed by atoms with Crippen LogP contribution in [-0.2, 0) is 30.9 Å². The molecule has 3 aliphatic rings. The van der Waals surface area contributed by atoms with E-state index >= 15 is 0 Å². The van der Waals surface area contributed by atoms with Crippen molar-refractivity contribution >= 4 is 36.4 Å². The number of aromatic nitrogens is 2. The number of nitrogens with two attached hydrogens (primary N) is 1. The summed E-state index contributed by atoms with van der Waals surface area (Å²) >= 11 is 0. The molecule has 2 saturated heterocycles. The largest absolute Gasteiger partial charge is 0.453 e. The van der Waals surface area contributed by atoms with Crippen molar-refractivity contribution in [3.8, 4) is 11.3 Å². The number of nitrogens with zero attached hydrogens (tertiary/aromatic N) is 5. The molecule has 3 aliphatic heterocycles. The molecule has 1 aromatic heterocycles. The Kier molecular flexibility index (Phi) is 11.3. The number of ether oxygens (including phenoxy) is 2. The van der Waals surface area contributed by atoms with Crippen LogP contribution >= 0.6 is 0 Å². The molecule has 4 heterocycles. The third-order valence-corrected chi connectivity index (χ3v) is 10.1. The lowest BCUT2D eigenvalue weighted by atomic mass is 9.89. The Labute approximate surface area is 299 Å². The number of benzene rings is 1. The molecule has 0 radical (unpaired) electrons. The van der Waals surface area contributed by atoms with Gasteiger partial charge in [-0.05, 0) is 38.0 Å². The van der Waals surface area contributed by atoms with Gasteiger partial charge < -0.3 is 35.3 Å². The standard InChI is InChI=1S/C35H45F3N8O6/c1-6-20(4)27(52-32(39)49)31(48)46-18-8-10-24(46)34(40-15-16-41-34)22-13-11-21(12-14-22)26-28(35(36,37)38)44-29(42-26)23-9-7-17-45(23)30(47)25(19(2)3)43-33(50)51-5/h11-16,19-20,23-25,27H,6-10,17-18H2,1-5H3,(H2,39,49)(H,42,44)(H,43,50)/t20?,23-,24?,25-,27-/m0/s1. The smallest absolute Gasteiger partial charge is 0.433 e. The van der Waals surface area contributed by atoms with Crippen molar-refractivity contribution in [2.45, 2.75) is 95.9 Å². The number of carbonyl (C=O) groups is 4. The Morgan fingerprint density at radius 3 is 2.23 bits per heavy atom. The number of alkyl carbamates (subject to hydrolysis) is 1. The zero-order valence-corrected chi connectivity index (χ0v) is 29.8. The topological polar surface area (TPSA) is 185 Å². The van der Waals surface area contributed by atoms with Gasteiger partial charge in [-0.15, -0.1) is 0 Å². The van der Waals surface area contributed by atoms with E-state index in [0.29, 0.717) is 44.2 Å². The van der Waals surface area contributed by atoms with Gasteiger partial charge in [0, 0.05) is 42.6 Å². The van der Waals surface area contributed by atoms with Crippen LogP contribution in [0.2, 0.25) is 0 Å². The zero-order chi connectivity index (χ0) is 38.0. The minimum atomic E-state index is -4.80. The van der Waals surface area contributed by atoms with Gasteiger partial charge in [-0.25, -0.2) is 14.6 Å². The number of H-pyrrole nitrogens is 1. The normalized spacial score (nSPS) is 21.3. The Morgan fingerprint density at radius 1 is 1.02 bits per heavy atom. The van der Waals surface area contributed by atoms with Crippen LogP contribution in [0.15, 0.2) is 34.3 Å². The minimum absolute atomic E-state index is 0.0200. The summed E-state index contributed by atoms with van der Waals surface area (Å²) in [7, 11) is 1.18. The van der Waals surface area contributed by atoms with Crippen LogP contribution in [0, 0.1) is 11.8 Å². The molecule has 2 aromatic rings. The van der Waals surface area contributed by atoms with Crippen LogP contribution in [0.3, 0.4) is 0 Å². The van der Waals surface area contributed by atoms with Crippen molar-refractivity contribution in [3.05, 3.63) is 41.3 Å². The maximum atomic E-state index is 14.5. The van der Waals surface area contributed by atoms with E-state index in [1.807, 2.05) is 6.92 Å². The number of primary amides is 1. The first-order chi connectivity index (χ1) is 24.6. The highest BCUT2D eigenvalue weighted by Crippen LogP contribution is 2.44. The van der Waals surface area contributed by atoms with E-state index in [4.69, 9.17) is 10.5 Å². The van der Waals surface area contributed by atoms with E-state index in [9.17, 15) is 32.3 Å². The summed E-state index contributed by atoms with van der Waals surface area (Å²) in [6.07, 6.45) is -2.10. The maximum absolute atomic E-state index is 14.5. The molecule has 52 heavy (non-hydrogen) atoms. The van der Waals surface area contributed by atoms with E-state index in [1.165, 1.54) is 36.6 Å². The number of halogens is 3. The van der Waals surface area contributed by atoms with Gasteiger partial charge in [-0.1, -0.05) is 52.0 Å². The molecule has 4 amide bonds. The number of likely N-dealkylation sites (tertiary alicyclic amines) is 2. The molecule has 0 spiro atoms. The molecule has 0 saturated carbocycles. The summed E-state index contributed by atoms with van der Waals surface area (Å²) < 4.78 is 53.5. The fourth-order valence-corrected chi connectivity index (χ4v) is 7.23. The molecule has 1 aromatic carbocycles. The number of nitrogens with one attached hydrogen (secondary N) is 2. The molecule has 0 bridgehead atoms. The fraction of sp³-hybridized carbons (Fsp3) is 0.571. The number of methoxy groups -OCH3 is 1. The van der Waals surface area contributed by atoms with Crippen molar-refractivity contribution in [3.63, 3.8) is 0 Å². The van der Waals surface area contributed by atoms with E-state index < -0.39 is 65.8 Å². The number of aliphatic imine (C=N–C) groups is 2. The van der Waals surface area contributed by atoms with Crippen LogP contribution in [0.25, 0.3) is 11.3 Å². The van der Waals surface area contributed by atoms with Gasteiger partial charge in [0.1, 0.15) is 23.3 Å². The van der Waals surface area contributed by atoms with Gasteiger partial charge in [-0.3, -0.25) is 19.6 Å². The second-order valence-electron chi connectivity index (χ2n) is 13.7. The zero-order valence-electron chi connectivity index (χ0n) is 29.8. The molecule has 2 fully saturated rings. The van der Waals surface area contributed by atoms with E-state index in [-0.39, 0.29) is 35.5 Å². The predicted molar refractivity (Wildman–Crippen MR) is 184 cm³/mol. The van der Waals surface area contributed by atoms with Crippen LogP contribution in [-0.4, -0.2) is 94.6 Å². The van der Waals surface area contributed by atoms with Crippen LogP contribution < -0.4 is 11.1 Å². The first-order valence-corrected chi connectivity index (χ1v) is 17.4. The monoisotopic (exact) mass is 730 g/mol. The van der Waals surface area contributed by atoms with Crippen molar-refractivity contribution in [1.29, 1.82) is 0 Å². The van der Waals surface area contributed by atoms with Crippen LogP contribution in [0.4, 0.5) is 22.8 Å². The van der Waals surface area contributed by atoms with E-state index in [2.05, 4.69) is 30.0 Å². The fourth-order valence-electron chi connectivity index (χ4n) is 7.23. The average Bonchev–Trinajstić information content (AvgIpc) is 3.93. The van der Waals surface area contributed by atoms with Crippen LogP contribution in [0.5, 0.6) is 0 Å².